The van der Waals surface area contributed by atoms with Crippen LogP contribution in [0.3, 0.4) is 0 Å². The fraction of sp³-hybridized carbons (Fsp3) is 0.769. The molecule has 1 aromatic heterocycles. The van der Waals surface area contributed by atoms with E-state index in [9.17, 15) is 0 Å². The highest BCUT2D eigenvalue weighted by Gasteiger charge is 2.07. The summed E-state index contributed by atoms with van der Waals surface area (Å²) in [6, 6.07) is 0.601. The zero-order valence-corrected chi connectivity index (χ0v) is 12.6. The maximum absolute atomic E-state index is 4.40. The zero-order valence-electron chi connectivity index (χ0n) is 12.6. The van der Waals surface area contributed by atoms with Crippen molar-refractivity contribution in [1.29, 1.82) is 0 Å². The minimum Gasteiger partial charge on any atom is -0.348 e. The van der Waals surface area contributed by atoms with E-state index in [1.165, 1.54) is 5.69 Å². The van der Waals surface area contributed by atoms with Gasteiger partial charge in [-0.3, -0.25) is 0 Å². The van der Waals surface area contributed by atoms with Crippen LogP contribution in [0.25, 0.3) is 0 Å². The summed E-state index contributed by atoms with van der Waals surface area (Å²) in [6.07, 6.45) is 1.94. The third kappa shape index (κ3) is 3.99. The van der Waals surface area contributed by atoms with Crippen molar-refractivity contribution in [2.75, 3.05) is 39.1 Å². The molecule has 5 nitrogen and oxygen atoms in total. The molecule has 0 aliphatic heterocycles. The summed E-state index contributed by atoms with van der Waals surface area (Å²) < 4.78 is 2.12. The van der Waals surface area contributed by atoms with Gasteiger partial charge in [-0.1, -0.05) is 0 Å². The van der Waals surface area contributed by atoms with Crippen molar-refractivity contribution in [3.8, 4) is 0 Å². The van der Waals surface area contributed by atoms with Gasteiger partial charge < -0.3 is 19.7 Å². The van der Waals surface area contributed by atoms with Gasteiger partial charge in [0.1, 0.15) is 0 Å². The first-order valence-corrected chi connectivity index (χ1v) is 6.52. The predicted octanol–water partition coefficient (Wildman–Crippen LogP) is 0.916. The Labute approximate surface area is 111 Å². The second-order valence-electron chi connectivity index (χ2n) is 5.25. The summed E-state index contributed by atoms with van der Waals surface area (Å²) in [5, 5.41) is 3.46. The molecule has 0 bridgehead atoms. The molecular weight excluding hydrogens is 226 g/mol. The highest BCUT2D eigenvalue weighted by Crippen LogP contribution is 2.10. The molecule has 0 amide bonds. The average Bonchev–Trinajstić information content (AvgIpc) is 2.66. The van der Waals surface area contributed by atoms with Crippen LogP contribution >= 0.6 is 0 Å². The molecule has 0 spiro atoms. The lowest BCUT2D eigenvalue weighted by molar-refractivity contribution is 0.273. The maximum Gasteiger partial charge on any atom is 0.204 e. The van der Waals surface area contributed by atoms with Gasteiger partial charge in [0.25, 0.3) is 0 Å². The van der Waals surface area contributed by atoms with Crippen LogP contribution < -0.4 is 10.2 Å². The normalized spacial score (nSPS) is 11.6. The van der Waals surface area contributed by atoms with Crippen LogP contribution in [0.2, 0.25) is 0 Å². The molecule has 1 N–H and O–H groups in total. The van der Waals surface area contributed by atoms with Gasteiger partial charge in [-0.05, 0) is 20.9 Å². The fourth-order valence-corrected chi connectivity index (χ4v) is 1.74. The molecule has 0 saturated heterocycles. The van der Waals surface area contributed by atoms with E-state index < -0.39 is 0 Å². The van der Waals surface area contributed by atoms with Gasteiger partial charge in [-0.15, -0.1) is 0 Å². The number of hydrogen-bond acceptors (Lipinski definition) is 4. The first kappa shape index (κ1) is 15.0. The van der Waals surface area contributed by atoms with E-state index in [-0.39, 0.29) is 0 Å². The van der Waals surface area contributed by atoms with Crippen molar-refractivity contribution < 1.29 is 0 Å². The number of anilines is 1. The number of hydrogen-bond donors (Lipinski definition) is 1. The number of rotatable bonds is 7. The Balaban J connectivity index is 2.36. The van der Waals surface area contributed by atoms with E-state index in [1.807, 2.05) is 25.2 Å². The Morgan fingerprint density at radius 1 is 1.33 bits per heavy atom. The number of likely N-dealkylation sites (N-methyl/N-ethyl adjacent to an activating group) is 1. The van der Waals surface area contributed by atoms with Crippen LogP contribution in [0.5, 0.6) is 0 Å². The van der Waals surface area contributed by atoms with Gasteiger partial charge in [0.05, 0.1) is 11.9 Å². The van der Waals surface area contributed by atoms with E-state index in [4.69, 9.17) is 0 Å². The molecule has 104 valence electrons. The first-order chi connectivity index (χ1) is 8.43. The highest BCUT2D eigenvalue weighted by atomic mass is 15.3. The van der Waals surface area contributed by atoms with Crippen molar-refractivity contribution >= 4 is 5.95 Å². The summed E-state index contributed by atoms with van der Waals surface area (Å²) in [4.78, 5) is 8.75. The molecule has 1 heterocycles. The molecule has 1 aromatic rings. The third-order valence-corrected chi connectivity index (χ3v) is 3.29. The minimum absolute atomic E-state index is 0.601. The van der Waals surface area contributed by atoms with Crippen LogP contribution in [-0.2, 0) is 13.6 Å². The molecule has 0 aliphatic carbocycles. The van der Waals surface area contributed by atoms with Crippen molar-refractivity contribution in [2.45, 2.75) is 26.4 Å². The Bertz CT molecular complexity index is 356. The standard InChI is InChI=1S/C13H27N5/c1-11(2)17(5)8-7-14-9-12-10-15-13(16(3)4)18(12)6/h10-11,14H,7-9H2,1-6H3. The molecule has 0 aromatic carbocycles. The van der Waals surface area contributed by atoms with Crippen molar-refractivity contribution in [3.63, 3.8) is 0 Å². The van der Waals surface area contributed by atoms with E-state index in [0.717, 1.165) is 25.6 Å². The highest BCUT2D eigenvalue weighted by molar-refractivity contribution is 5.30. The second kappa shape index (κ2) is 6.75. The van der Waals surface area contributed by atoms with E-state index in [1.54, 1.807) is 0 Å². The van der Waals surface area contributed by atoms with Crippen LogP contribution in [0.15, 0.2) is 6.20 Å². The largest absolute Gasteiger partial charge is 0.348 e. The van der Waals surface area contributed by atoms with Crippen LogP contribution in [0.4, 0.5) is 5.95 Å². The molecule has 18 heavy (non-hydrogen) atoms. The van der Waals surface area contributed by atoms with Crippen molar-refractivity contribution in [2.24, 2.45) is 7.05 Å². The topological polar surface area (TPSA) is 36.3 Å². The second-order valence-corrected chi connectivity index (χ2v) is 5.25. The maximum atomic E-state index is 4.40. The molecule has 0 unspecified atom stereocenters. The van der Waals surface area contributed by atoms with Gasteiger partial charge in [-0.25, -0.2) is 4.98 Å². The number of nitrogens with zero attached hydrogens (tertiary/aromatic N) is 4. The quantitative estimate of drug-likeness (QED) is 0.733. The smallest absolute Gasteiger partial charge is 0.204 e. The van der Waals surface area contributed by atoms with Gasteiger partial charge in [0.15, 0.2) is 0 Å². The molecular formula is C13H27N5. The summed E-state index contributed by atoms with van der Waals surface area (Å²) in [5.74, 6) is 0.992. The Hall–Kier alpha value is -1.07. The van der Waals surface area contributed by atoms with Gasteiger partial charge >= 0.3 is 0 Å². The molecule has 0 fully saturated rings. The lowest BCUT2D eigenvalue weighted by Gasteiger charge is -2.21. The third-order valence-electron chi connectivity index (χ3n) is 3.29. The minimum atomic E-state index is 0.601. The molecule has 0 saturated carbocycles. The molecule has 0 radical (unpaired) electrons. The molecule has 1 rings (SSSR count). The summed E-state index contributed by atoms with van der Waals surface area (Å²) in [5.41, 5.74) is 1.21. The lowest BCUT2D eigenvalue weighted by atomic mass is 10.3. The van der Waals surface area contributed by atoms with Crippen LogP contribution in [0, 0.1) is 0 Å². The Kier molecular flexibility index (Phi) is 5.62. The number of aromatic nitrogens is 2. The fourth-order valence-electron chi connectivity index (χ4n) is 1.74. The van der Waals surface area contributed by atoms with Crippen LogP contribution in [-0.4, -0.2) is 54.7 Å². The van der Waals surface area contributed by atoms with Gasteiger partial charge in [0, 0.05) is 46.8 Å². The van der Waals surface area contributed by atoms with E-state index >= 15 is 0 Å². The SMILES string of the molecule is CC(C)N(C)CCNCc1cnc(N(C)C)n1C. The zero-order chi connectivity index (χ0) is 13.7. The van der Waals surface area contributed by atoms with E-state index in [2.05, 4.69) is 47.7 Å². The lowest BCUT2D eigenvalue weighted by Crippen LogP contribution is -2.33. The molecule has 0 atom stereocenters. The van der Waals surface area contributed by atoms with Crippen molar-refractivity contribution in [3.05, 3.63) is 11.9 Å². The number of imidazole rings is 1. The average molecular weight is 253 g/mol. The molecule has 5 heteroatoms. The van der Waals surface area contributed by atoms with Crippen molar-refractivity contribution in [1.82, 2.24) is 19.8 Å². The monoisotopic (exact) mass is 253 g/mol. The van der Waals surface area contributed by atoms with Gasteiger partial charge in [-0.2, -0.15) is 0 Å². The van der Waals surface area contributed by atoms with Gasteiger partial charge in [0.2, 0.25) is 5.95 Å². The Morgan fingerprint density at radius 2 is 2.00 bits per heavy atom. The van der Waals surface area contributed by atoms with Crippen LogP contribution in [0.1, 0.15) is 19.5 Å². The summed E-state index contributed by atoms with van der Waals surface area (Å²) >= 11 is 0. The van der Waals surface area contributed by atoms with E-state index in [0.29, 0.717) is 6.04 Å². The summed E-state index contributed by atoms with van der Waals surface area (Å²) in [6.45, 7) is 7.35. The predicted molar refractivity (Wildman–Crippen MR) is 77.0 cm³/mol. The Morgan fingerprint density at radius 3 is 2.50 bits per heavy atom. The first-order valence-electron chi connectivity index (χ1n) is 6.52. The molecule has 0 aliphatic rings. The summed E-state index contributed by atoms with van der Waals surface area (Å²) in [7, 11) is 8.23. The number of nitrogens with one attached hydrogen (secondary N) is 1.